The number of likely N-dealkylation sites (N-methyl/N-ethyl adjacent to an activating group) is 1. The molecule has 6 nitrogen and oxygen atoms in total. The average Bonchev–Trinajstić information content (AvgIpc) is 2.40. The molecule has 0 aliphatic carbocycles. The van der Waals surface area contributed by atoms with E-state index < -0.39 is 0 Å². The SMILES string of the molecule is C=C1/C(N2CCOCC2)=N\C(Cl)=N/NC(C)N1C. The van der Waals surface area contributed by atoms with E-state index in [4.69, 9.17) is 16.3 Å². The molecule has 2 aliphatic heterocycles. The highest BCUT2D eigenvalue weighted by molar-refractivity contribution is 6.65. The average molecular weight is 272 g/mol. The van der Waals surface area contributed by atoms with Gasteiger partial charge in [-0.25, -0.2) is 0 Å². The zero-order valence-corrected chi connectivity index (χ0v) is 11.4. The summed E-state index contributed by atoms with van der Waals surface area (Å²) in [5.41, 5.74) is 3.73. The van der Waals surface area contributed by atoms with Crippen LogP contribution >= 0.6 is 11.6 Å². The third kappa shape index (κ3) is 2.76. The fraction of sp³-hybridized carbons (Fsp3) is 0.636. The van der Waals surface area contributed by atoms with Crippen LogP contribution in [-0.2, 0) is 4.74 Å². The molecule has 2 heterocycles. The lowest BCUT2D eigenvalue weighted by Gasteiger charge is -2.36. The number of ether oxygens (including phenoxy) is 1. The van der Waals surface area contributed by atoms with Gasteiger partial charge in [0.15, 0.2) is 5.84 Å². The predicted molar refractivity (Wildman–Crippen MR) is 72.6 cm³/mol. The third-order valence-corrected chi connectivity index (χ3v) is 3.29. The molecule has 7 heteroatoms. The van der Waals surface area contributed by atoms with E-state index in [0.717, 1.165) is 24.6 Å². The first kappa shape index (κ1) is 13.2. The van der Waals surface area contributed by atoms with Crippen LogP contribution in [0.5, 0.6) is 0 Å². The van der Waals surface area contributed by atoms with Gasteiger partial charge in [-0.2, -0.15) is 4.99 Å². The van der Waals surface area contributed by atoms with Gasteiger partial charge in [0.1, 0.15) is 6.17 Å². The Morgan fingerprint density at radius 1 is 1.44 bits per heavy atom. The molecule has 1 N–H and O–H groups in total. The molecule has 0 bridgehead atoms. The van der Waals surface area contributed by atoms with Crippen molar-refractivity contribution in [2.24, 2.45) is 10.1 Å². The number of hydrazone groups is 1. The summed E-state index contributed by atoms with van der Waals surface area (Å²) in [5.74, 6) is 0.767. The van der Waals surface area contributed by atoms with E-state index in [1.54, 1.807) is 0 Å². The van der Waals surface area contributed by atoms with Crippen LogP contribution in [0, 0.1) is 0 Å². The van der Waals surface area contributed by atoms with Crippen LogP contribution < -0.4 is 5.43 Å². The summed E-state index contributed by atoms with van der Waals surface area (Å²) < 4.78 is 5.34. The zero-order valence-electron chi connectivity index (χ0n) is 10.7. The number of morpholine rings is 1. The van der Waals surface area contributed by atoms with Gasteiger partial charge in [0, 0.05) is 20.1 Å². The smallest absolute Gasteiger partial charge is 0.242 e. The monoisotopic (exact) mass is 271 g/mol. The van der Waals surface area contributed by atoms with Crippen LogP contribution in [0.25, 0.3) is 0 Å². The Bertz CT molecular complexity index is 389. The summed E-state index contributed by atoms with van der Waals surface area (Å²) in [5, 5.41) is 4.19. The highest BCUT2D eigenvalue weighted by Gasteiger charge is 2.24. The molecule has 0 saturated carbocycles. The van der Waals surface area contributed by atoms with E-state index in [9.17, 15) is 0 Å². The summed E-state index contributed by atoms with van der Waals surface area (Å²) in [6, 6.07) is 0. The Morgan fingerprint density at radius 3 is 2.78 bits per heavy atom. The van der Waals surface area contributed by atoms with Crippen molar-refractivity contribution in [3.63, 3.8) is 0 Å². The van der Waals surface area contributed by atoms with Crippen molar-refractivity contribution in [1.29, 1.82) is 0 Å². The van der Waals surface area contributed by atoms with Gasteiger partial charge in [-0.05, 0) is 18.5 Å². The van der Waals surface area contributed by atoms with Gasteiger partial charge in [0.25, 0.3) is 0 Å². The Kier molecular flexibility index (Phi) is 4.08. The zero-order chi connectivity index (χ0) is 13.1. The molecular weight excluding hydrogens is 254 g/mol. The number of halogens is 1. The third-order valence-electron chi connectivity index (χ3n) is 3.12. The molecule has 1 saturated heterocycles. The number of hydrogen-bond acceptors (Lipinski definition) is 6. The predicted octanol–water partition coefficient (Wildman–Crippen LogP) is 0.622. The molecule has 1 unspecified atom stereocenters. The van der Waals surface area contributed by atoms with Crippen molar-refractivity contribution >= 4 is 22.7 Å². The van der Waals surface area contributed by atoms with E-state index >= 15 is 0 Å². The van der Waals surface area contributed by atoms with Crippen LogP contribution in [0.1, 0.15) is 6.92 Å². The summed E-state index contributed by atoms with van der Waals surface area (Å²) in [6.45, 7) is 9.05. The summed E-state index contributed by atoms with van der Waals surface area (Å²) in [6.07, 6.45) is 0.0118. The molecule has 1 fully saturated rings. The maximum absolute atomic E-state index is 5.97. The van der Waals surface area contributed by atoms with Crippen molar-refractivity contribution in [2.75, 3.05) is 33.4 Å². The van der Waals surface area contributed by atoms with Crippen molar-refractivity contribution in [3.8, 4) is 0 Å². The van der Waals surface area contributed by atoms with Gasteiger partial charge < -0.3 is 14.5 Å². The molecule has 0 aromatic carbocycles. The lowest BCUT2D eigenvalue weighted by Crippen LogP contribution is -2.48. The molecular formula is C11H18ClN5O. The van der Waals surface area contributed by atoms with Crippen molar-refractivity contribution in [3.05, 3.63) is 12.3 Å². The normalized spacial score (nSPS) is 31.7. The molecule has 0 amide bonds. The number of rotatable bonds is 0. The number of amidine groups is 2. The molecule has 0 spiro atoms. The molecule has 0 radical (unpaired) electrons. The second kappa shape index (κ2) is 5.58. The lowest BCUT2D eigenvalue weighted by atomic mass is 10.3. The minimum absolute atomic E-state index is 0.0118. The minimum Gasteiger partial charge on any atom is -0.378 e. The van der Waals surface area contributed by atoms with Crippen LogP contribution in [0.15, 0.2) is 22.4 Å². The first-order valence-electron chi connectivity index (χ1n) is 5.92. The number of hydrogen-bond donors (Lipinski definition) is 1. The van der Waals surface area contributed by atoms with Gasteiger partial charge in [0.05, 0.1) is 18.9 Å². The van der Waals surface area contributed by atoms with Gasteiger partial charge in [-0.3, -0.25) is 5.43 Å². The number of nitrogens with zero attached hydrogens (tertiary/aromatic N) is 4. The standard InChI is InChI=1S/C11H18ClN5O/c1-8-10(17-4-6-18-7-5-17)13-11(12)15-14-9(2)16(8)3/h9,14H,1,4-7H2,2-3H3/b13-10+,15-11-. The van der Waals surface area contributed by atoms with Crippen LogP contribution in [-0.4, -0.2) is 60.4 Å². The number of nitrogens with one attached hydrogen (secondary N) is 1. The topological polar surface area (TPSA) is 52.5 Å². The molecule has 18 heavy (non-hydrogen) atoms. The van der Waals surface area contributed by atoms with Crippen LogP contribution in [0.2, 0.25) is 0 Å². The minimum atomic E-state index is 0.0118. The van der Waals surface area contributed by atoms with Crippen LogP contribution in [0.3, 0.4) is 0 Å². The van der Waals surface area contributed by atoms with Crippen LogP contribution in [0.4, 0.5) is 0 Å². The highest BCUT2D eigenvalue weighted by Crippen LogP contribution is 2.13. The number of aliphatic imine (C=N–C) groups is 1. The first-order chi connectivity index (χ1) is 8.59. The Labute approximate surface area is 112 Å². The second-order valence-corrected chi connectivity index (χ2v) is 4.62. The summed E-state index contributed by atoms with van der Waals surface area (Å²) in [4.78, 5) is 8.43. The van der Waals surface area contributed by atoms with E-state index in [1.807, 2.05) is 18.9 Å². The van der Waals surface area contributed by atoms with Gasteiger partial charge in [-0.1, -0.05) is 6.58 Å². The van der Waals surface area contributed by atoms with E-state index in [2.05, 4.69) is 27.0 Å². The maximum Gasteiger partial charge on any atom is 0.242 e. The Morgan fingerprint density at radius 2 is 2.11 bits per heavy atom. The van der Waals surface area contributed by atoms with Gasteiger partial charge >= 0.3 is 0 Å². The molecule has 0 aromatic heterocycles. The van der Waals surface area contributed by atoms with E-state index in [1.165, 1.54) is 0 Å². The summed E-state index contributed by atoms with van der Waals surface area (Å²) >= 11 is 5.97. The largest absolute Gasteiger partial charge is 0.378 e. The van der Waals surface area contributed by atoms with E-state index in [0.29, 0.717) is 13.2 Å². The first-order valence-corrected chi connectivity index (χ1v) is 6.29. The molecule has 2 aliphatic rings. The molecule has 2 rings (SSSR count). The van der Waals surface area contributed by atoms with Gasteiger partial charge in [0.2, 0.25) is 5.29 Å². The fourth-order valence-corrected chi connectivity index (χ4v) is 1.96. The van der Waals surface area contributed by atoms with E-state index in [-0.39, 0.29) is 11.5 Å². The second-order valence-electron chi connectivity index (χ2n) is 4.28. The van der Waals surface area contributed by atoms with Crippen molar-refractivity contribution in [2.45, 2.75) is 13.1 Å². The highest BCUT2D eigenvalue weighted by atomic mass is 35.5. The molecule has 1 atom stereocenters. The fourth-order valence-electron chi connectivity index (χ4n) is 1.83. The molecule has 100 valence electrons. The molecule has 0 aromatic rings. The van der Waals surface area contributed by atoms with Gasteiger partial charge in [-0.15, -0.1) is 5.10 Å². The summed E-state index contributed by atoms with van der Waals surface area (Å²) in [7, 11) is 1.95. The van der Waals surface area contributed by atoms with Crippen molar-refractivity contribution in [1.82, 2.24) is 15.2 Å². The maximum atomic E-state index is 5.97. The lowest BCUT2D eigenvalue weighted by molar-refractivity contribution is 0.0673. The van der Waals surface area contributed by atoms with Crippen molar-refractivity contribution < 1.29 is 4.74 Å². The Hall–Kier alpha value is -1.27. The Balaban J connectivity index is 2.27. The quantitative estimate of drug-likeness (QED) is 0.657.